The second kappa shape index (κ2) is 4.65. The molecule has 0 radical (unpaired) electrons. The molecule has 0 aliphatic carbocycles. The van der Waals surface area contributed by atoms with Crippen LogP contribution in [-0.2, 0) is 13.6 Å². The highest BCUT2D eigenvalue weighted by Crippen LogP contribution is 2.21. The number of nitrogens with one attached hydrogen (secondary N) is 1. The van der Waals surface area contributed by atoms with Gasteiger partial charge in [-0.3, -0.25) is 0 Å². The number of imidazole rings is 1. The van der Waals surface area contributed by atoms with Crippen LogP contribution in [0.3, 0.4) is 0 Å². The van der Waals surface area contributed by atoms with Crippen molar-refractivity contribution >= 4 is 0 Å². The smallest absolute Gasteiger partial charge is 0.337 e. The fourth-order valence-electron chi connectivity index (χ4n) is 1.25. The van der Waals surface area contributed by atoms with E-state index in [4.69, 9.17) is 0 Å². The zero-order valence-electron chi connectivity index (χ0n) is 8.67. The molecule has 0 saturated carbocycles. The first kappa shape index (κ1) is 12.0. The maximum atomic E-state index is 12.0. The van der Waals surface area contributed by atoms with E-state index in [0.717, 1.165) is 5.82 Å². The summed E-state index contributed by atoms with van der Waals surface area (Å²) in [6.07, 6.45) is -1.57. The Morgan fingerprint density at radius 2 is 2.20 bits per heavy atom. The average molecular weight is 221 g/mol. The molecule has 0 saturated heterocycles. The summed E-state index contributed by atoms with van der Waals surface area (Å²) in [5.41, 5.74) is 0. The van der Waals surface area contributed by atoms with Gasteiger partial charge in [-0.2, -0.15) is 13.2 Å². The third kappa shape index (κ3) is 4.33. The van der Waals surface area contributed by atoms with E-state index in [2.05, 4.69) is 10.3 Å². The minimum Gasteiger partial charge on any atom is -0.337 e. The number of alkyl halides is 3. The molecule has 1 atom stereocenters. The van der Waals surface area contributed by atoms with Crippen molar-refractivity contribution in [1.29, 1.82) is 0 Å². The van der Waals surface area contributed by atoms with Crippen LogP contribution >= 0.6 is 0 Å². The first-order chi connectivity index (χ1) is 6.88. The minimum absolute atomic E-state index is 0.348. The van der Waals surface area contributed by atoms with Crippen molar-refractivity contribution in [1.82, 2.24) is 14.9 Å². The van der Waals surface area contributed by atoms with Gasteiger partial charge in [0.05, 0.1) is 13.0 Å². The largest absolute Gasteiger partial charge is 0.390 e. The molecule has 1 heterocycles. The van der Waals surface area contributed by atoms with Crippen LogP contribution in [-0.4, -0.2) is 21.8 Å². The lowest BCUT2D eigenvalue weighted by Crippen LogP contribution is -2.31. The zero-order chi connectivity index (χ0) is 11.5. The molecule has 0 aliphatic rings. The van der Waals surface area contributed by atoms with E-state index < -0.39 is 18.6 Å². The summed E-state index contributed by atoms with van der Waals surface area (Å²) >= 11 is 0. The lowest BCUT2D eigenvalue weighted by atomic mass is 10.2. The minimum atomic E-state index is -4.12. The number of rotatable bonds is 4. The summed E-state index contributed by atoms with van der Waals surface area (Å²) in [5, 5.41) is 2.78. The van der Waals surface area contributed by atoms with E-state index in [1.165, 1.54) is 6.92 Å². The standard InChI is InChI=1S/C9H14F3N3/c1-7(5-9(10,11)12)14-6-8-13-3-4-15(8)2/h3-4,7,14H,5-6H2,1-2H3. The summed E-state index contributed by atoms with van der Waals surface area (Å²) < 4.78 is 37.7. The molecule has 6 heteroatoms. The Morgan fingerprint density at radius 3 is 2.67 bits per heavy atom. The molecule has 1 rings (SSSR count). The normalized spacial score (nSPS) is 14.2. The molecule has 1 unspecified atom stereocenters. The second-order valence-electron chi connectivity index (χ2n) is 3.56. The summed E-state index contributed by atoms with van der Waals surface area (Å²) in [5.74, 6) is 0.726. The summed E-state index contributed by atoms with van der Waals surface area (Å²) in [7, 11) is 1.80. The Labute approximate surface area is 86.3 Å². The van der Waals surface area contributed by atoms with Gasteiger partial charge in [-0.15, -0.1) is 0 Å². The molecular weight excluding hydrogens is 207 g/mol. The molecule has 1 N–H and O–H groups in total. The predicted molar refractivity (Wildman–Crippen MR) is 50.2 cm³/mol. The van der Waals surface area contributed by atoms with Gasteiger partial charge in [0.15, 0.2) is 0 Å². The van der Waals surface area contributed by atoms with Gasteiger partial charge in [-0.1, -0.05) is 0 Å². The van der Waals surface area contributed by atoms with Gasteiger partial charge < -0.3 is 9.88 Å². The number of hydrogen-bond donors (Lipinski definition) is 1. The molecule has 15 heavy (non-hydrogen) atoms. The lowest BCUT2D eigenvalue weighted by Gasteiger charge is -2.15. The number of halogens is 3. The molecule has 0 fully saturated rings. The van der Waals surface area contributed by atoms with Crippen LogP contribution in [0.2, 0.25) is 0 Å². The molecule has 1 aromatic heterocycles. The predicted octanol–water partition coefficient (Wildman–Crippen LogP) is 1.85. The number of aromatic nitrogens is 2. The molecule has 3 nitrogen and oxygen atoms in total. The third-order valence-corrected chi connectivity index (χ3v) is 2.07. The van der Waals surface area contributed by atoms with Crippen LogP contribution in [0, 0.1) is 0 Å². The lowest BCUT2D eigenvalue weighted by molar-refractivity contribution is -0.139. The fraction of sp³-hybridized carbons (Fsp3) is 0.667. The Kier molecular flexibility index (Phi) is 3.73. The monoisotopic (exact) mass is 221 g/mol. The quantitative estimate of drug-likeness (QED) is 0.840. The van der Waals surface area contributed by atoms with Crippen molar-refractivity contribution in [3.63, 3.8) is 0 Å². The van der Waals surface area contributed by atoms with Gasteiger partial charge in [0, 0.05) is 25.5 Å². The molecule has 0 bridgehead atoms. The van der Waals surface area contributed by atoms with E-state index in [1.807, 2.05) is 0 Å². The zero-order valence-corrected chi connectivity index (χ0v) is 8.67. The maximum absolute atomic E-state index is 12.0. The van der Waals surface area contributed by atoms with E-state index in [9.17, 15) is 13.2 Å². The van der Waals surface area contributed by atoms with Crippen molar-refractivity contribution in [2.45, 2.75) is 32.1 Å². The molecular formula is C9H14F3N3. The van der Waals surface area contributed by atoms with Gasteiger partial charge in [-0.25, -0.2) is 4.98 Å². The van der Waals surface area contributed by atoms with Gasteiger partial charge in [0.1, 0.15) is 5.82 Å². The molecule has 0 aliphatic heterocycles. The molecule has 1 aromatic rings. The molecule has 0 spiro atoms. The number of aryl methyl sites for hydroxylation is 1. The van der Waals surface area contributed by atoms with Crippen LogP contribution in [0.15, 0.2) is 12.4 Å². The number of nitrogens with zero attached hydrogens (tertiary/aromatic N) is 2. The summed E-state index contributed by atoms with van der Waals surface area (Å²) in [6.45, 7) is 1.86. The topological polar surface area (TPSA) is 29.9 Å². The van der Waals surface area contributed by atoms with E-state index >= 15 is 0 Å². The molecule has 0 amide bonds. The van der Waals surface area contributed by atoms with E-state index in [-0.39, 0.29) is 0 Å². The highest BCUT2D eigenvalue weighted by Gasteiger charge is 2.29. The Balaban J connectivity index is 2.35. The Hall–Kier alpha value is -1.04. The van der Waals surface area contributed by atoms with E-state index in [1.54, 1.807) is 24.0 Å². The van der Waals surface area contributed by atoms with Gasteiger partial charge >= 0.3 is 6.18 Å². The molecule has 86 valence electrons. The Morgan fingerprint density at radius 1 is 1.53 bits per heavy atom. The fourth-order valence-corrected chi connectivity index (χ4v) is 1.25. The Bertz CT molecular complexity index is 306. The summed E-state index contributed by atoms with van der Waals surface area (Å²) in [4.78, 5) is 4.00. The van der Waals surface area contributed by atoms with Crippen molar-refractivity contribution < 1.29 is 13.2 Å². The van der Waals surface area contributed by atoms with Crippen LogP contribution in [0.1, 0.15) is 19.2 Å². The first-order valence-electron chi connectivity index (χ1n) is 4.65. The van der Waals surface area contributed by atoms with Crippen molar-refractivity contribution in [2.24, 2.45) is 7.05 Å². The van der Waals surface area contributed by atoms with E-state index in [0.29, 0.717) is 6.54 Å². The van der Waals surface area contributed by atoms with Crippen LogP contribution < -0.4 is 5.32 Å². The van der Waals surface area contributed by atoms with Gasteiger partial charge in [0.2, 0.25) is 0 Å². The maximum Gasteiger partial charge on any atom is 0.390 e. The SMILES string of the molecule is CC(CC(F)(F)F)NCc1nccn1C. The molecule has 0 aromatic carbocycles. The third-order valence-electron chi connectivity index (χ3n) is 2.07. The van der Waals surface area contributed by atoms with Gasteiger partial charge in [0.25, 0.3) is 0 Å². The van der Waals surface area contributed by atoms with Crippen molar-refractivity contribution in [3.8, 4) is 0 Å². The van der Waals surface area contributed by atoms with Crippen molar-refractivity contribution in [3.05, 3.63) is 18.2 Å². The first-order valence-corrected chi connectivity index (χ1v) is 4.65. The summed E-state index contributed by atoms with van der Waals surface area (Å²) in [6, 6.07) is -0.596. The average Bonchev–Trinajstić information content (AvgIpc) is 2.44. The highest BCUT2D eigenvalue weighted by molar-refractivity contribution is 4.90. The van der Waals surface area contributed by atoms with Crippen molar-refractivity contribution in [2.75, 3.05) is 0 Å². The van der Waals surface area contributed by atoms with Crippen LogP contribution in [0.4, 0.5) is 13.2 Å². The highest BCUT2D eigenvalue weighted by atomic mass is 19.4. The number of hydrogen-bond acceptors (Lipinski definition) is 2. The van der Waals surface area contributed by atoms with Crippen LogP contribution in [0.25, 0.3) is 0 Å². The van der Waals surface area contributed by atoms with Gasteiger partial charge in [-0.05, 0) is 6.92 Å². The second-order valence-corrected chi connectivity index (χ2v) is 3.56. The van der Waals surface area contributed by atoms with Crippen LogP contribution in [0.5, 0.6) is 0 Å².